The first-order valence-corrected chi connectivity index (χ1v) is 5.81. The summed E-state index contributed by atoms with van der Waals surface area (Å²) in [5, 5.41) is 11.2. The van der Waals surface area contributed by atoms with E-state index in [2.05, 4.69) is 9.55 Å². The summed E-state index contributed by atoms with van der Waals surface area (Å²) in [6, 6.07) is 7.20. The lowest BCUT2D eigenvalue weighted by atomic mass is 10.1. The van der Waals surface area contributed by atoms with Crippen molar-refractivity contribution in [1.29, 1.82) is 0 Å². The van der Waals surface area contributed by atoms with Crippen LogP contribution in [0.1, 0.15) is 17.3 Å². The Kier molecular flexibility index (Phi) is 2.30. The second-order valence-electron chi connectivity index (χ2n) is 4.17. The van der Waals surface area contributed by atoms with Gasteiger partial charge in [0.05, 0.1) is 17.3 Å². The van der Waals surface area contributed by atoms with E-state index in [1.54, 1.807) is 18.3 Å². The molecular formula is C14H12N2O2. The summed E-state index contributed by atoms with van der Waals surface area (Å²) in [5.74, 6) is -0.900. The highest BCUT2D eigenvalue weighted by Gasteiger charge is 2.11. The Labute approximate surface area is 103 Å². The summed E-state index contributed by atoms with van der Waals surface area (Å²) >= 11 is 0. The predicted molar refractivity (Wildman–Crippen MR) is 69.9 cm³/mol. The van der Waals surface area contributed by atoms with Crippen molar-refractivity contribution in [1.82, 2.24) is 9.55 Å². The van der Waals surface area contributed by atoms with Gasteiger partial charge in [-0.05, 0) is 25.1 Å². The maximum atomic E-state index is 11.0. The van der Waals surface area contributed by atoms with Crippen LogP contribution < -0.4 is 0 Å². The van der Waals surface area contributed by atoms with Crippen LogP contribution >= 0.6 is 0 Å². The minimum atomic E-state index is -0.900. The molecule has 1 N–H and O–H groups in total. The summed E-state index contributed by atoms with van der Waals surface area (Å²) in [6.45, 7) is 2.83. The van der Waals surface area contributed by atoms with E-state index in [-0.39, 0.29) is 0 Å². The van der Waals surface area contributed by atoms with Crippen molar-refractivity contribution in [2.24, 2.45) is 0 Å². The van der Waals surface area contributed by atoms with Crippen molar-refractivity contribution in [3.8, 4) is 0 Å². The van der Waals surface area contributed by atoms with Gasteiger partial charge in [0.15, 0.2) is 0 Å². The quantitative estimate of drug-likeness (QED) is 0.749. The minimum Gasteiger partial charge on any atom is -0.478 e. The second kappa shape index (κ2) is 3.84. The van der Waals surface area contributed by atoms with Gasteiger partial charge in [0.25, 0.3) is 0 Å². The van der Waals surface area contributed by atoms with Crippen molar-refractivity contribution in [2.45, 2.75) is 13.5 Å². The van der Waals surface area contributed by atoms with Crippen molar-refractivity contribution >= 4 is 27.8 Å². The molecule has 0 fully saturated rings. The van der Waals surface area contributed by atoms with Crippen molar-refractivity contribution in [3.63, 3.8) is 0 Å². The van der Waals surface area contributed by atoms with Crippen LogP contribution in [0, 0.1) is 0 Å². The maximum absolute atomic E-state index is 11.0. The number of rotatable bonds is 2. The van der Waals surface area contributed by atoms with Crippen LogP contribution in [0.3, 0.4) is 0 Å². The molecule has 2 aromatic heterocycles. The molecule has 0 atom stereocenters. The molecule has 18 heavy (non-hydrogen) atoms. The highest BCUT2D eigenvalue weighted by Crippen LogP contribution is 2.28. The molecule has 0 bridgehead atoms. The van der Waals surface area contributed by atoms with Crippen LogP contribution in [-0.2, 0) is 6.54 Å². The lowest BCUT2D eigenvalue weighted by Crippen LogP contribution is -1.98. The van der Waals surface area contributed by atoms with Gasteiger partial charge in [0.1, 0.15) is 0 Å². The Morgan fingerprint density at radius 3 is 2.78 bits per heavy atom. The van der Waals surface area contributed by atoms with Crippen LogP contribution in [0.2, 0.25) is 0 Å². The summed E-state index contributed by atoms with van der Waals surface area (Å²) < 4.78 is 2.09. The fourth-order valence-corrected chi connectivity index (χ4v) is 2.42. The molecule has 3 aromatic rings. The highest BCUT2D eigenvalue weighted by molar-refractivity contribution is 6.09. The van der Waals surface area contributed by atoms with E-state index in [1.807, 2.05) is 25.3 Å². The number of nitrogens with zero attached hydrogens (tertiary/aromatic N) is 2. The zero-order valence-electron chi connectivity index (χ0n) is 9.92. The zero-order valence-corrected chi connectivity index (χ0v) is 9.92. The highest BCUT2D eigenvalue weighted by atomic mass is 16.4. The van der Waals surface area contributed by atoms with E-state index in [1.165, 1.54) is 0 Å². The Balaban J connectivity index is 2.48. The van der Waals surface area contributed by atoms with Gasteiger partial charge in [-0.25, -0.2) is 4.79 Å². The topological polar surface area (TPSA) is 55.1 Å². The summed E-state index contributed by atoms with van der Waals surface area (Å²) in [6.07, 6.45) is 3.58. The predicted octanol–water partition coefficient (Wildman–Crippen LogP) is 2.91. The van der Waals surface area contributed by atoms with Gasteiger partial charge < -0.3 is 9.67 Å². The van der Waals surface area contributed by atoms with E-state index in [4.69, 9.17) is 5.11 Å². The van der Waals surface area contributed by atoms with Gasteiger partial charge in [-0.1, -0.05) is 6.07 Å². The number of aromatic carboxylic acids is 1. The third-order valence-corrected chi connectivity index (χ3v) is 3.23. The molecule has 0 radical (unpaired) electrons. The van der Waals surface area contributed by atoms with Crippen LogP contribution in [-0.4, -0.2) is 20.6 Å². The minimum absolute atomic E-state index is 0.313. The lowest BCUT2D eigenvalue weighted by molar-refractivity contribution is 0.0697. The normalized spacial score (nSPS) is 11.2. The number of hydrogen-bond donors (Lipinski definition) is 1. The first-order chi connectivity index (χ1) is 8.72. The van der Waals surface area contributed by atoms with Crippen molar-refractivity contribution < 1.29 is 9.90 Å². The van der Waals surface area contributed by atoms with Crippen LogP contribution in [0.5, 0.6) is 0 Å². The second-order valence-corrected chi connectivity index (χ2v) is 4.17. The number of aryl methyl sites for hydroxylation is 1. The summed E-state index contributed by atoms with van der Waals surface area (Å²) in [5.41, 5.74) is 2.30. The van der Waals surface area contributed by atoms with Gasteiger partial charge in [-0.3, -0.25) is 4.98 Å². The number of carboxylic acid groups (broad SMARTS) is 1. The number of carboxylic acids is 1. The van der Waals surface area contributed by atoms with Crippen molar-refractivity contribution in [3.05, 3.63) is 42.2 Å². The molecule has 4 heteroatoms. The molecule has 0 amide bonds. The Hall–Kier alpha value is -2.36. The van der Waals surface area contributed by atoms with Gasteiger partial charge in [0, 0.05) is 29.0 Å². The van der Waals surface area contributed by atoms with E-state index < -0.39 is 5.97 Å². The Bertz CT molecular complexity index is 759. The molecular weight excluding hydrogens is 228 g/mol. The number of carbonyl (C=O) groups is 1. The van der Waals surface area contributed by atoms with Crippen LogP contribution in [0.15, 0.2) is 36.7 Å². The van der Waals surface area contributed by atoms with Crippen LogP contribution in [0.4, 0.5) is 0 Å². The number of hydrogen-bond acceptors (Lipinski definition) is 2. The third-order valence-electron chi connectivity index (χ3n) is 3.23. The van der Waals surface area contributed by atoms with Gasteiger partial charge in [-0.2, -0.15) is 0 Å². The molecule has 0 unspecified atom stereocenters. The van der Waals surface area contributed by atoms with Gasteiger partial charge in [0.2, 0.25) is 0 Å². The standard InChI is InChI=1S/C14H12N2O2/c1-2-16-12-7-9(14(17)18)3-4-10(12)11-5-6-15-8-13(11)16/h3-8H,2H2,1H3,(H,17,18). The fraction of sp³-hybridized carbons (Fsp3) is 0.143. The molecule has 0 aliphatic carbocycles. The van der Waals surface area contributed by atoms with Crippen LogP contribution in [0.25, 0.3) is 21.8 Å². The molecule has 0 saturated heterocycles. The largest absolute Gasteiger partial charge is 0.478 e. The molecule has 3 rings (SSSR count). The van der Waals surface area contributed by atoms with E-state index in [0.29, 0.717) is 5.56 Å². The Morgan fingerprint density at radius 2 is 2.06 bits per heavy atom. The molecule has 4 nitrogen and oxygen atoms in total. The van der Waals surface area contributed by atoms with E-state index in [9.17, 15) is 4.79 Å². The molecule has 0 spiro atoms. The SMILES string of the molecule is CCn1c2cnccc2c2ccc(C(=O)O)cc21. The van der Waals surface area contributed by atoms with E-state index in [0.717, 1.165) is 28.4 Å². The monoisotopic (exact) mass is 240 g/mol. The Morgan fingerprint density at radius 1 is 1.28 bits per heavy atom. The number of fused-ring (bicyclic) bond motifs is 3. The van der Waals surface area contributed by atoms with Crippen molar-refractivity contribution in [2.75, 3.05) is 0 Å². The maximum Gasteiger partial charge on any atom is 0.335 e. The molecule has 2 heterocycles. The third kappa shape index (κ3) is 1.39. The molecule has 90 valence electrons. The first kappa shape index (κ1) is 10.8. The van der Waals surface area contributed by atoms with E-state index >= 15 is 0 Å². The van der Waals surface area contributed by atoms with Gasteiger partial charge in [-0.15, -0.1) is 0 Å². The molecule has 1 aromatic carbocycles. The average Bonchev–Trinajstić information content (AvgIpc) is 2.71. The number of benzene rings is 1. The molecule has 0 saturated carbocycles. The smallest absolute Gasteiger partial charge is 0.335 e. The fourth-order valence-electron chi connectivity index (χ4n) is 2.42. The number of aromatic nitrogens is 2. The van der Waals surface area contributed by atoms with Gasteiger partial charge >= 0.3 is 5.97 Å². The summed E-state index contributed by atoms with van der Waals surface area (Å²) in [7, 11) is 0. The average molecular weight is 240 g/mol. The molecule has 0 aliphatic heterocycles. The lowest BCUT2D eigenvalue weighted by Gasteiger charge is -2.02. The molecule has 0 aliphatic rings. The zero-order chi connectivity index (χ0) is 12.7. The first-order valence-electron chi connectivity index (χ1n) is 5.81. The number of pyridine rings is 1. The summed E-state index contributed by atoms with van der Waals surface area (Å²) in [4.78, 5) is 15.2.